The molecule has 0 aliphatic rings. The number of esters is 1. The monoisotopic (exact) mass is 474 g/mol. The van der Waals surface area contributed by atoms with E-state index < -0.39 is 17.7 Å². The molecule has 0 saturated carbocycles. The van der Waals surface area contributed by atoms with E-state index in [-0.39, 0.29) is 23.6 Å². The van der Waals surface area contributed by atoms with Crippen molar-refractivity contribution < 1.29 is 23.5 Å². The summed E-state index contributed by atoms with van der Waals surface area (Å²) in [5.41, 5.74) is 3.95. The minimum Gasteiger partial charge on any atom is -0.493 e. The van der Waals surface area contributed by atoms with Gasteiger partial charge in [0.2, 0.25) is 5.82 Å². The van der Waals surface area contributed by atoms with Crippen LogP contribution in [0.15, 0.2) is 77.9 Å². The Hall–Kier alpha value is -4.93. The largest absolute Gasteiger partial charge is 0.493 e. The number of hydrogen-bond donors (Lipinski definition) is 1. The first-order valence-electron chi connectivity index (χ1n) is 10.3. The molecule has 176 valence electrons. The van der Waals surface area contributed by atoms with Gasteiger partial charge in [0.25, 0.3) is 5.91 Å². The molecule has 35 heavy (non-hydrogen) atoms. The van der Waals surface area contributed by atoms with Crippen LogP contribution in [-0.2, 0) is 11.3 Å². The van der Waals surface area contributed by atoms with Gasteiger partial charge in [0.05, 0.1) is 18.9 Å². The van der Waals surface area contributed by atoms with Crippen LogP contribution in [0.4, 0.5) is 4.39 Å². The lowest BCUT2D eigenvalue weighted by Crippen LogP contribution is -2.24. The number of methoxy groups -OCH3 is 1. The van der Waals surface area contributed by atoms with Gasteiger partial charge >= 0.3 is 5.97 Å². The average molecular weight is 474 g/mol. The number of carbonyl (C=O) groups is 2. The summed E-state index contributed by atoms with van der Waals surface area (Å²) in [6, 6.07) is 19.0. The summed E-state index contributed by atoms with van der Waals surface area (Å²) in [6.07, 6.45) is 1.40. The Balaban J connectivity index is 1.34. The van der Waals surface area contributed by atoms with E-state index in [0.29, 0.717) is 11.4 Å². The normalized spacial score (nSPS) is 10.8. The molecule has 1 N–H and O–H groups in total. The SMILES string of the molecule is COc1cc(/C=N/NC(=O)Cn2nnc(-c3ccccc3)n2)ccc1OC(=O)c1ccc(F)cc1. The van der Waals surface area contributed by atoms with E-state index in [9.17, 15) is 14.0 Å². The highest BCUT2D eigenvalue weighted by atomic mass is 19.1. The van der Waals surface area contributed by atoms with Crippen molar-refractivity contribution in [3.8, 4) is 22.9 Å². The zero-order valence-electron chi connectivity index (χ0n) is 18.5. The Bertz CT molecular complexity index is 1360. The number of rotatable bonds is 8. The lowest BCUT2D eigenvalue weighted by atomic mass is 10.2. The van der Waals surface area contributed by atoms with Crippen LogP contribution < -0.4 is 14.9 Å². The van der Waals surface area contributed by atoms with Crippen LogP contribution in [0.3, 0.4) is 0 Å². The van der Waals surface area contributed by atoms with E-state index in [4.69, 9.17) is 9.47 Å². The first kappa shape index (κ1) is 23.2. The number of nitrogens with one attached hydrogen (secondary N) is 1. The molecule has 0 radical (unpaired) electrons. The van der Waals surface area contributed by atoms with E-state index in [2.05, 4.69) is 25.9 Å². The van der Waals surface area contributed by atoms with Gasteiger partial charge in [-0.1, -0.05) is 30.3 Å². The summed E-state index contributed by atoms with van der Waals surface area (Å²) in [4.78, 5) is 25.6. The summed E-state index contributed by atoms with van der Waals surface area (Å²) in [5, 5.41) is 15.9. The zero-order chi connectivity index (χ0) is 24.6. The number of aromatic nitrogens is 4. The molecule has 0 spiro atoms. The molecule has 0 aliphatic heterocycles. The van der Waals surface area contributed by atoms with Gasteiger partial charge < -0.3 is 9.47 Å². The predicted octanol–water partition coefficient (Wildman–Crippen LogP) is 2.86. The van der Waals surface area contributed by atoms with Gasteiger partial charge in [-0.3, -0.25) is 4.79 Å². The molecule has 0 bridgehead atoms. The number of carbonyl (C=O) groups excluding carboxylic acids is 2. The Morgan fingerprint density at radius 1 is 1.06 bits per heavy atom. The molecule has 0 fully saturated rings. The van der Waals surface area contributed by atoms with Crippen molar-refractivity contribution in [1.29, 1.82) is 0 Å². The van der Waals surface area contributed by atoms with Gasteiger partial charge in [-0.2, -0.15) is 9.90 Å². The van der Waals surface area contributed by atoms with E-state index >= 15 is 0 Å². The number of benzene rings is 3. The van der Waals surface area contributed by atoms with Crippen LogP contribution in [-0.4, -0.2) is 45.4 Å². The molecular weight excluding hydrogens is 455 g/mol. The number of ether oxygens (including phenoxy) is 2. The molecule has 1 heterocycles. The average Bonchev–Trinajstić information content (AvgIpc) is 3.34. The maximum absolute atomic E-state index is 13.0. The quantitative estimate of drug-likeness (QED) is 0.180. The molecule has 0 atom stereocenters. The number of hydrazone groups is 1. The van der Waals surface area contributed by atoms with Crippen LogP contribution in [0, 0.1) is 5.82 Å². The Labute approximate surface area is 199 Å². The van der Waals surface area contributed by atoms with Crippen molar-refractivity contribution in [2.75, 3.05) is 7.11 Å². The standard InChI is InChI=1S/C24H19FN6O4/c1-34-21-13-16(7-12-20(21)35-24(33)18-8-10-19(25)11-9-18)14-26-27-22(32)15-31-29-23(28-30-31)17-5-3-2-4-6-17/h2-14H,15H2,1H3,(H,27,32)/b26-14+. The highest BCUT2D eigenvalue weighted by Crippen LogP contribution is 2.28. The summed E-state index contributed by atoms with van der Waals surface area (Å²) in [7, 11) is 1.42. The maximum Gasteiger partial charge on any atom is 0.343 e. The van der Waals surface area contributed by atoms with E-state index in [0.717, 1.165) is 5.56 Å². The van der Waals surface area contributed by atoms with E-state index in [1.54, 1.807) is 12.1 Å². The van der Waals surface area contributed by atoms with Crippen molar-refractivity contribution in [2.24, 2.45) is 5.10 Å². The third kappa shape index (κ3) is 6.11. The Morgan fingerprint density at radius 2 is 1.83 bits per heavy atom. The number of tetrazole rings is 1. The second kappa shape index (κ2) is 10.8. The molecule has 0 saturated heterocycles. The number of halogens is 1. The zero-order valence-corrected chi connectivity index (χ0v) is 18.5. The van der Waals surface area contributed by atoms with Gasteiger partial charge in [0.15, 0.2) is 11.5 Å². The minimum absolute atomic E-state index is 0.168. The van der Waals surface area contributed by atoms with Gasteiger partial charge in [-0.05, 0) is 53.2 Å². The smallest absolute Gasteiger partial charge is 0.343 e. The highest BCUT2D eigenvalue weighted by molar-refractivity contribution is 5.91. The predicted molar refractivity (Wildman–Crippen MR) is 123 cm³/mol. The van der Waals surface area contributed by atoms with Crippen molar-refractivity contribution >= 4 is 18.1 Å². The molecule has 10 nitrogen and oxygen atoms in total. The van der Waals surface area contributed by atoms with Gasteiger partial charge in [-0.15, -0.1) is 10.2 Å². The highest BCUT2D eigenvalue weighted by Gasteiger charge is 2.13. The van der Waals surface area contributed by atoms with Crippen molar-refractivity contribution in [2.45, 2.75) is 6.54 Å². The fraction of sp³-hybridized carbons (Fsp3) is 0.0833. The van der Waals surface area contributed by atoms with Crippen molar-refractivity contribution in [3.05, 3.63) is 89.7 Å². The first-order chi connectivity index (χ1) is 17.0. The number of nitrogens with zero attached hydrogens (tertiary/aromatic N) is 5. The molecule has 0 unspecified atom stereocenters. The summed E-state index contributed by atoms with van der Waals surface area (Å²) < 4.78 is 23.7. The maximum atomic E-state index is 13.0. The summed E-state index contributed by atoms with van der Waals surface area (Å²) in [5.74, 6) is -0.701. The molecule has 3 aromatic carbocycles. The fourth-order valence-corrected chi connectivity index (χ4v) is 2.95. The fourth-order valence-electron chi connectivity index (χ4n) is 2.95. The molecule has 0 aliphatic carbocycles. The van der Waals surface area contributed by atoms with E-state index in [1.165, 1.54) is 48.5 Å². The summed E-state index contributed by atoms with van der Waals surface area (Å²) in [6.45, 7) is -0.168. The Kier molecular flexibility index (Phi) is 7.16. The van der Waals surface area contributed by atoms with Crippen LogP contribution >= 0.6 is 0 Å². The lowest BCUT2D eigenvalue weighted by molar-refractivity contribution is -0.122. The molecular formula is C24H19FN6O4. The van der Waals surface area contributed by atoms with Crippen LogP contribution in [0.2, 0.25) is 0 Å². The second-order valence-corrected chi connectivity index (χ2v) is 7.11. The van der Waals surface area contributed by atoms with Crippen LogP contribution in [0.1, 0.15) is 15.9 Å². The van der Waals surface area contributed by atoms with Gasteiger partial charge in [-0.25, -0.2) is 14.6 Å². The van der Waals surface area contributed by atoms with E-state index in [1.807, 2.05) is 30.3 Å². The Morgan fingerprint density at radius 3 is 2.57 bits per heavy atom. The minimum atomic E-state index is -0.658. The molecule has 1 amide bonds. The second-order valence-electron chi connectivity index (χ2n) is 7.11. The topological polar surface area (TPSA) is 121 Å². The van der Waals surface area contributed by atoms with Crippen LogP contribution in [0.25, 0.3) is 11.4 Å². The van der Waals surface area contributed by atoms with Crippen LogP contribution in [0.5, 0.6) is 11.5 Å². The first-order valence-corrected chi connectivity index (χ1v) is 10.3. The molecule has 4 aromatic rings. The summed E-state index contributed by atoms with van der Waals surface area (Å²) >= 11 is 0. The van der Waals surface area contributed by atoms with Gasteiger partial charge in [0.1, 0.15) is 12.4 Å². The van der Waals surface area contributed by atoms with Gasteiger partial charge in [0, 0.05) is 5.56 Å². The number of amides is 1. The molecule has 11 heteroatoms. The molecule has 4 rings (SSSR count). The van der Waals surface area contributed by atoms with Crippen molar-refractivity contribution in [1.82, 2.24) is 25.6 Å². The van der Waals surface area contributed by atoms with Crippen molar-refractivity contribution in [3.63, 3.8) is 0 Å². The molecule has 1 aromatic heterocycles. The third-order valence-corrected chi connectivity index (χ3v) is 4.64. The number of hydrogen-bond acceptors (Lipinski definition) is 8. The lowest BCUT2D eigenvalue weighted by Gasteiger charge is -2.10. The third-order valence-electron chi connectivity index (χ3n) is 4.64.